The predicted molar refractivity (Wildman–Crippen MR) is 94.6 cm³/mol. The van der Waals surface area contributed by atoms with Gasteiger partial charge in [0.15, 0.2) is 6.61 Å². The molecule has 0 aliphatic heterocycles. The number of benzene rings is 2. The number of rotatable bonds is 6. The van der Waals surface area contributed by atoms with E-state index in [1.165, 1.54) is 24.3 Å². The summed E-state index contributed by atoms with van der Waals surface area (Å²) >= 11 is 1.56. The molecule has 0 unspecified atom stereocenters. The Balaban J connectivity index is 1.49. The summed E-state index contributed by atoms with van der Waals surface area (Å²) in [6.07, 6.45) is -3.59. The van der Waals surface area contributed by atoms with Crippen LogP contribution in [0.4, 0.5) is 18.9 Å². The van der Waals surface area contributed by atoms with E-state index in [0.717, 1.165) is 15.2 Å². The van der Waals surface area contributed by atoms with Crippen molar-refractivity contribution in [1.29, 1.82) is 0 Å². The van der Waals surface area contributed by atoms with Gasteiger partial charge in [-0.3, -0.25) is 4.79 Å². The van der Waals surface area contributed by atoms with E-state index < -0.39 is 12.8 Å². The van der Waals surface area contributed by atoms with Gasteiger partial charge in [0.2, 0.25) is 5.91 Å². The number of amides is 1. The molecule has 1 amide bonds. The Morgan fingerprint density at radius 1 is 1.12 bits per heavy atom. The van der Waals surface area contributed by atoms with Crippen molar-refractivity contribution in [1.82, 2.24) is 4.98 Å². The molecule has 3 rings (SSSR count). The van der Waals surface area contributed by atoms with Crippen LogP contribution in [-0.4, -0.2) is 23.7 Å². The number of ether oxygens (including phenoxy) is 1. The van der Waals surface area contributed by atoms with Crippen LogP contribution in [0.2, 0.25) is 0 Å². The largest absolute Gasteiger partial charge is 0.484 e. The SMILES string of the molecule is O=C(CCc1nc2ccccc2s1)Nc1ccc(OCC(F)(F)F)cc1. The first-order chi connectivity index (χ1) is 12.4. The fourth-order valence-electron chi connectivity index (χ4n) is 2.27. The molecule has 1 aromatic heterocycles. The van der Waals surface area contributed by atoms with Gasteiger partial charge in [-0.05, 0) is 36.4 Å². The summed E-state index contributed by atoms with van der Waals surface area (Å²) in [5, 5.41) is 3.59. The molecule has 0 fully saturated rings. The molecule has 0 aliphatic carbocycles. The second kappa shape index (κ2) is 7.74. The first-order valence-electron chi connectivity index (χ1n) is 7.83. The molecule has 1 N–H and O–H groups in total. The minimum absolute atomic E-state index is 0.0924. The number of anilines is 1. The third-order valence-electron chi connectivity index (χ3n) is 3.44. The Bertz CT molecular complexity index is 858. The Labute approximate surface area is 151 Å². The average molecular weight is 380 g/mol. The van der Waals surface area contributed by atoms with Crippen molar-refractivity contribution in [3.63, 3.8) is 0 Å². The fraction of sp³-hybridized carbons (Fsp3) is 0.222. The van der Waals surface area contributed by atoms with Crippen molar-refractivity contribution in [2.45, 2.75) is 19.0 Å². The fourth-order valence-corrected chi connectivity index (χ4v) is 3.24. The van der Waals surface area contributed by atoms with Crippen molar-refractivity contribution in [2.24, 2.45) is 0 Å². The zero-order chi connectivity index (χ0) is 18.6. The minimum Gasteiger partial charge on any atom is -0.484 e. The van der Waals surface area contributed by atoms with Crippen LogP contribution in [0.1, 0.15) is 11.4 Å². The summed E-state index contributed by atoms with van der Waals surface area (Å²) in [6, 6.07) is 13.5. The van der Waals surface area contributed by atoms with Crippen LogP contribution in [-0.2, 0) is 11.2 Å². The minimum atomic E-state index is -4.38. The van der Waals surface area contributed by atoms with E-state index in [1.807, 2.05) is 24.3 Å². The third-order valence-corrected chi connectivity index (χ3v) is 4.54. The van der Waals surface area contributed by atoms with Crippen molar-refractivity contribution in [3.05, 3.63) is 53.5 Å². The summed E-state index contributed by atoms with van der Waals surface area (Å²) in [7, 11) is 0. The molecule has 0 bridgehead atoms. The topological polar surface area (TPSA) is 51.2 Å². The lowest BCUT2D eigenvalue weighted by Gasteiger charge is -2.10. The molecule has 0 saturated carbocycles. The number of carbonyl (C=O) groups is 1. The molecule has 1 heterocycles. The van der Waals surface area contributed by atoms with Gasteiger partial charge in [-0.15, -0.1) is 11.3 Å². The Kier molecular flexibility index (Phi) is 5.41. The number of fused-ring (bicyclic) bond motifs is 1. The number of aromatic nitrogens is 1. The van der Waals surface area contributed by atoms with E-state index in [1.54, 1.807) is 11.3 Å². The number of hydrogen-bond acceptors (Lipinski definition) is 4. The molecule has 4 nitrogen and oxygen atoms in total. The standard InChI is InChI=1S/C18H15F3N2O2S/c19-18(20,21)11-25-13-7-5-12(6-8-13)22-16(24)9-10-17-23-14-3-1-2-4-15(14)26-17/h1-8H,9-11H2,(H,22,24). The molecule has 0 radical (unpaired) electrons. The van der Waals surface area contributed by atoms with Crippen LogP contribution in [0, 0.1) is 0 Å². The second-order valence-electron chi connectivity index (χ2n) is 5.55. The normalized spacial score (nSPS) is 11.5. The third kappa shape index (κ3) is 5.19. The van der Waals surface area contributed by atoms with Crippen LogP contribution in [0.25, 0.3) is 10.2 Å². The average Bonchev–Trinajstić information content (AvgIpc) is 3.02. The Morgan fingerprint density at radius 2 is 1.85 bits per heavy atom. The van der Waals surface area contributed by atoms with E-state index in [-0.39, 0.29) is 18.1 Å². The number of hydrogen-bond donors (Lipinski definition) is 1. The lowest BCUT2D eigenvalue weighted by atomic mass is 10.2. The number of aryl methyl sites for hydroxylation is 1. The van der Waals surface area contributed by atoms with E-state index in [2.05, 4.69) is 15.0 Å². The van der Waals surface area contributed by atoms with Crippen LogP contribution in [0.3, 0.4) is 0 Å². The maximum Gasteiger partial charge on any atom is 0.422 e. The maximum atomic E-state index is 12.1. The summed E-state index contributed by atoms with van der Waals surface area (Å²) in [4.78, 5) is 16.5. The number of para-hydroxylation sites is 1. The molecular formula is C18H15F3N2O2S. The highest BCUT2D eigenvalue weighted by Crippen LogP contribution is 2.23. The van der Waals surface area contributed by atoms with E-state index in [9.17, 15) is 18.0 Å². The van der Waals surface area contributed by atoms with Gasteiger partial charge >= 0.3 is 6.18 Å². The van der Waals surface area contributed by atoms with Gasteiger partial charge in [-0.1, -0.05) is 12.1 Å². The van der Waals surface area contributed by atoms with Gasteiger partial charge in [-0.2, -0.15) is 13.2 Å². The number of alkyl halides is 3. The molecule has 0 spiro atoms. The number of nitrogens with zero attached hydrogens (tertiary/aromatic N) is 1. The van der Waals surface area contributed by atoms with Crippen LogP contribution < -0.4 is 10.1 Å². The van der Waals surface area contributed by atoms with Crippen LogP contribution >= 0.6 is 11.3 Å². The molecule has 0 aliphatic rings. The highest BCUT2D eigenvalue weighted by Gasteiger charge is 2.28. The van der Waals surface area contributed by atoms with E-state index in [0.29, 0.717) is 12.1 Å². The molecule has 26 heavy (non-hydrogen) atoms. The molecule has 136 valence electrons. The van der Waals surface area contributed by atoms with Crippen molar-refractivity contribution in [2.75, 3.05) is 11.9 Å². The van der Waals surface area contributed by atoms with Gasteiger partial charge in [0.1, 0.15) is 5.75 Å². The highest BCUT2D eigenvalue weighted by molar-refractivity contribution is 7.18. The monoisotopic (exact) mass is 380 g/mol. The summed E-state index contributed by atoms with van der Waals surface area (Å²) in [6.45, 7) is -1.35. The molecule has 3 aromatic rings. The van der Waals surface area contributed by atoms with E-state index >= 15 is 0 Å². The molecular weight excluding hydrogens is 365 g/mol. The summed E-state index contributed by atoms with van der Waals surface area (Å²) in [5.41, 5.74) is 1.42. The molecule has 0 saturated heterocycles. The second-order valence-corrected chi connectivity index (χ2v) is 6.67. The first kappa shape index (κ1) is 18.2. The first-order valence-corrected chi connectivity index (χ1v) is 8.65. The molecule has 2 aromatic carbocycles. The van der Waals surface area contributed by atoms with Gasteiger partial charge in [0, 0.05) is 18.5 Å². The smallest absolute Gasteiger partial charge is 0.422 e. The van der Waals surface area contributed by atoms with Gasteiger partial charge in [0.05, 0.1) is 15.2 Å². The number of carbonyl (C=O) groups excluding carboxylic acids is 1. The zero-order valence-electron chi connectivity index (χ0n) is 13.5. The highest BCUT2D eigenvalue weighted by atomic mass is 32.1. The predicted octanol–water partition coefficient (Wildman–Crippen LogP) is 4.81. The quantitative estimate of drug-likeness (QED) is 0.668. The van der Waals surface area contributed by atoms with Crippen LogP contribution in [0.5, 0.6) is 5.75 Å². The van der Waals surface area contributed by atoms with Crippen molar-refractivity contribution >= 4 is 33.1 Å². The van der Waals surface area contributed by atoms with Gasteiger partial charge in [0.25, 0.3) is 0 Å². The van der Waals surface area contributed by atoms with E-state index in [4.69, 9.17) is 0 Å². The zero-order valence-corrected chi connectivity index (χ0v) is 14.4. The van der Waals surface area contributed by atoms with Gasteiger partial charge < -0.3 is 10.1 Å². The van der Waals surface area contributed by atoms with Crippen LogP contribution in [0.15, 0.2) is 48.5 Å². The summed E-state index contributed by atoms with van der Waals surface area (Å²) < 4.78 is 42.0. The number of halogens is 3. The maximum absolute atomic E-state index is 12.1. The lowest BCUT2D eigenvalue weighted by molar-refractivity contribution is -0.153. The molecule has 8 heteroatoms. The summed E-state index contributed by atoms with van der Waals surface area (Å²) in [5.74, 6) is -0.0944. The van der Waals surface area contributed by atoms with Crippen molar-refractivity contribution in [3.8, 4) is 5.75 Å². The Hall–Kier alpha value is -2.61. The lowest BCUT2D eigenvalue weighted by Crippen LogP contribution is -2.19. The molecule has 0 atom stereocenters. The Morgan fingerprint density at radius 3 is 2.54 bits per heavy atom. The van der Waals surface area contributed by atoms with Crippen molar-refractivity contribution < 1.29 is 22.7 Å². The number of thiazole rings is 1. The number of nitrogens with one attached hydrogen (secondary N) is 1. The van der Waals surface area contributed by atoms with Gasteiger partial charge in [-0.25, -0.2) is 4.98 Å².